The fourth-order valence-corrected chi connectivity index (χ4v) is 4.86. The van der Waals surface area contributed by atoms with Crippen molar-refractivity contribution >= 4 is 5.91 Å². The summed E-state index contributed by atoms with van der Waals surface area (Å²) in [7, 11) is 2.14. The van der Waals surface area contributed by atoms with Crippen molar-refractivity contribution in [3.63, 3.8) is 0 Å². The Hall–Kier alpha value is -1.47. The number of aromatic nitrogens is 3. The SMILES string of the molecule is Cn1c(CN2CCCCC2)nnc1[C@@H]1CCCN(CCN2CCCC2=O)C1. The van der Waals surface area contributed by atoms with Crippen LogP contribution in [0.4, 0.5) is 0 Å². The topological polar surface area (TPSA) is 57.5 Å². The lowest BCUT2D eigenvalue weighted by atomic mass is 9.97. The van der Waals surface area contributed by atoms with Crippen LogP contribution in [0.25, 0.3) is 0 Å². The molecule has 0 bridgehead atoms. The molecule has 1 amide bonds. The minimum atomic E-state index is 0.333. The molecule has 0 radical (unpaired) electrons. The van der Waals surface area contributed by atoms with Crippen LogP contribution in [0.15, 0.2) is 0 Å². The van der Waals surface area contributed by atoms with Crippen LogP contribution in [0.5, 0.6) is 0 Å². The summed E-state index contributed by atoms with van der Waals surface area (Å²) in [5.74, 6) is 3.04. The Bertz CT molecular complexity index is 638. The van der Waals surface area contributed by atoms with Gasteiger partial charge in [0, 0.05) is 45.6 Å². The fourth-order valence-electron chi connectivity index (χ4n) is 4.86. The molecule has 150 valence electrons. The second-order valence-corrected chi connectivity index (χ2v) is 8.49. The van der Waals surface area contributed by atoms with Crippen molar-refractivity contribution in [3.8, 4) is 0 Å². The lowest BCUT2D eigenvalue weighted by Crippen LogP contribution is -2.41. The van der Waals surface area contributed by atoms with Crippen molar-refractivity contribution in [2.24, 2.45) is 7.05 Å². The Balaban J connectivity index is 1.33. The van der Waals surface area contributed by atoms with E-state index in [1.54, 1.807) is 0 Å². The maximum atomic E-state index is 11.8. The van der Waals surface area contributed by atoms with Crippen LogP contribution >= 0.6 is 0 Å². The van der Waals surface area contributed by atoms with Gasteiger partial charge in [0.2, 0.25) is 5.91 Å². The van der Waals surface area contributed by atoms with Gasteiger partial charge in [0.05, 0.1) is 6.54 Å². The Labute approximate surface area is 162 Å². The Kier molecular flexibility index (Phi) is 6.08. The molecule has 3 fully saturated rings. The number of carbonyl (C=O) groups excluding carboxylic acids is 1. The van der Waals surface area contributed by atoms with Crippen LogP contribution in [0.2, 0.25) is 0 Å². The van der Waals surface area contributed by atoms with E-state index in [1.165, 1.54) is 45.2 Å². The molecule has 1 aromatic heterocycles. The second kappa shape index (κ2) is 8.69. The predicted molar refractivity (Wildman–Crippen MR) is 104 cm³/mol. The smallest absolute Gasteiger partial charge is 0.222 e. The number of amides is 1. The lowest BCUT2D eigenvalue weighted by Gasteiger charge is -2.33. The summed E-state index contributed by atoms with van der Waals surface area (Å²) in [5, 5.41) is 9.11. The first-order chi connectivity index (χ1) is 13.2. The van der Waals surface area contributed by atoms with Crippen molar-refractivity contribution < 1.29 is 4.79 Å². The lowest BCUT2D eigenvalue weighted by molar-refractivity contribution is -0.127. The molecule has 3 saturated heterocycles. The molecule has 7 heteroatoms. The first-order valence-corrected chi connectivity index (χ1v) is 10.8. The molecule has 27 heavy (non-hydrogen) atoms. The Morgan fingerprint density at radius 3 is 2.52 bits per heavy atom. The standard InChI is InChI=1S/C20H34N6O/c1-23-18(16-24-9-3-2-4-10-24)21-22-20(23)17-7-5-11-25(15-17)13-14-26-12-6-8-19(26)27/h17H,2-16H2,1H3/t17-/m1/s1. The number of rotatable bonds is 6. The number of hydrogen-bond donors (Lipinski definition) is 0. The van der Waals surface area contributed by atoms with Gasteiger partial charge in [0.25, 0.3) is 0 Å². The van der Waals surface area contributed by atoms with Crippen LogP contribution in [0, 0.1) is 0 Å². The summed E-state index contributed by atoms with van der Waals surface area (Å²) < 4.78 is 2.24. The molecule has 0 aromatic carbocycles. The van der Waals surface area contributed by atoms with Crippen molar-refractivity contribution in [2.75, 3.05) is 45.8 Å². The average Bonchev–Trinajstić information content (AvgIpc) is 3.27. The molecule has 7 nitrogen and oxygen atoms in total. The minimum Gasteiger partial charge on any atom is -0.341 e. The average molecular weight is 375 g/mol. The first kappa shape index (κ1) is 18.9. The predicted octanol–water partition coefficient (Wildman–Crippen LogP) is 1.60. The molecular formula is C20H34N6O. The van der Waals surface area contributed by atoms with Crippen LogP contribution in [-0.4, -0.2) is 81.2 Å². The van der Waals surface area contributed by atoms with Gasteiger partial charge < -0.3 is 14.4 Å². The molecule has 0 spiro atoms. The molecule has 1 atom stereocenters. The van der Waals surface area contributed by atoms with Gasteiger partial charge in [-0.15, -0.1) is 10.2 Å². The van der Waals surface area contributed by atoms with Crippen molar-refractivity contribution in [1.82, 2.24) is 29.5 Å². The molecule has 1 aromatic rings. The van der Waals surface area contributed by atoms with Crippen molar-refractivity contribution in [2.45, 2.75) is 57.4 Å². The molecule has 3 aliphatic heterocycles. The van der Waals surface area contributed by atoms with Gasteiger partial charge in [0.15, 0.2) is 0 Å². The second-order valence-electron chi connectivity index (χ2n) is 8.49. The zero-order chi connectivity index (χ0) is 18.6. The van der Waals surface area contributed by atoms with Gasteiger partial charge in [-0.25, -0.2) is 0 Å². The quantitative estimate of drug-likeness (QED) is 0.757. The van der Waals surface area contributed by atoms with Crippen LogP contribution in [0.3, 0.4) is 0 Å². The third-order valence-electron chi connectivity index (χ3n) is 6.54. The Morgan fingerprint density at radius 1 is 0.926 bits per heavy atom. The van der Waals surface area contributed by atoms with Crippen LogP contribution in [-0.2, 0) is 18.4 Å². The molecular weight excluding hydrogens is 340 g/mol. The summed E-state index contributed by atoms with van der Waals surface area (Å²) in [6.07, 6.45) is 8.13. The van der Waals surface area contributed by atoms with Crippen LogP contribution in [0.1, 0.15) is 62.5 Å². The van der Waals surface area contributed by atoms with E-state index in [-0.39, 0.29) is 0 Å². The highest BCUT2D eigenvalue weighted by molar-refractivity contribution is 5.78. The van der Waals surface area contributed by atoms with E-state index in [2.05, 4.69) is 31.6 Å². The number of carbonyl (C=O) groups is 1. The summed E-state index contributed by atoms with van der Waals surface area (Å²) >= 11 is 0. The van der Waals surface area contributed by atoms with E-state index in [9.17, 15) is 4.79 Å². The highest BCUT2D eigenvalue weighted by atomic mass is 16.2. The largest absolute Gasteiger partial charge is 0.341 e. The van der Waals surface area contributed by atoms with Gasteiger partial charge in [0.1, 0.15) is 11.6 Å². The van der Waals surface area contributed by atoms with Gasteiger partial charge in [-0.1, -0.05) is 6.42 Å². The van der Waals surface area contributed by atoms with E-state index in [1.807, 2.05) is 4.90 Å². The van der Waals surface area contributed by atoms with E-state index >= 15 is 0 Å². The molecule has 0 N–H and O–H groups in total. The first-order valence-electron chi connectivity index (χ1n) is 10.8. The molecule has 3 aliphatic rings. The minimum absolute atomic E-state index is 0.333. The fraction of sp³-hybridized carbons (Fsp3) is 0.850. The van der Waals surface area contributed by atoms with E-state index < -0.39 is 0 Å². The molecule has 4 heterocycles. The van der Waals surface area contributed by atoms with Gasteiger partial charge in [-0.3, -0.25) is 9.69 Å². The number of hydrogen-bond acceptors (Lipinski definition) is 5. The summed E-state index contributed by atoms with van der Waals surface area (Å²) in [4.78, 5) is 18.9. The number of nitrogens with zero attached hydrogens (tertiary/aromatic N) is 6. The zero-order valence-corrected chi connectivity index (χ0v) is 16.8. The van der Waals surface area contributed by atoms with Gasteiger partial charge >= 0.3 is 0 Å². The summed E-state index contributed by atoms with van der Waals surface area (Å²) in [6, 6.07) is 0. The highest BCUT2D eigenvalue weighted by Crippen LogP contribution is 2.26. The van der Waals surface area contributed by atoms with Crippen molar-refractivity contribution in [1.29, 1.82) is 0 Å². The molecule has 0 aliphatic carbocycles. The monoisotopic (exact) mass is 374 g/mol. The molecule has 0 unspecified atom stereocenters. The summed E-state index contributed by atoms with van der Waals surface area (Å²) in [5.41, 5.74) is 0. The molecule has 4 rings (SSSR count). The van der Waals surface area contributed by atoms with E-state index in [4.69, 9.17) is 0 Å². The Morgan fingerprint density at radius 2 is 1.74 bits per heavy atom. The maximum absolute atomic E-state index is 11.8. The van der Waals surface area contributed by atoms with E-state index in [0.717, 1.165) is 63.8 Å². The molecule has 0 saturated carbocycles. The number of likely N-dealkylation sites (tertiary alicyclic amines) is 3. The number of piperidine rings is 2. The third kappa shape index (κ3) is 4.51. The van der Waals surface area contributed by atoms with Gasteiger partial charge in [-0.2, -0.15) is 0 Å². The van der Waals surface area contributed by atoms with Crippen LogP contribution < -0.4 is 0 Å². The van der Waals surface area contributed by atoms with Crippen molar-refractivity contribution in [3.05, 3.63) is 11.6 Å². The van der Waals surface area contributed by atoms with E-state index in [0.29, 0.717) is 11.8 Å². The van der Waals surface area contributed by atoms with Gasteiger partial charge in [-0.05, 0) is 51.7 Å². The third-order valence-corrected chi connectivity index (χ3v) is 6.54. The normalized spacial score (nSPS) is 25.4. The maximum Gasteiger partial charge on any atom is 0.222 e. The summed E-state index contributed by atoms with van der Waals surface area (Å²) in [6.45, 7) is 8.29. The zero-order valence-electron chi connectivity index (χ0n) is 16.8. The highest BCUT2D eigenvalue weighted by Gasteiger charge is 2.27.